The van der Waals surface area contributed by atoms with E-state index in [0.29, 0.717) is 23.7 Å². The van der Waals surface area contributed by atoms with E-state index in [1.807, 2.05) is 13.8 Å². The summed E-state index contributed by atoms with van der Waals surface area (Å²) in [5, 5.41) is 3.49. The molecule has 0 aromatic heterocycles. The van der Waals surface area contributed by atoms with Gasteiger partial charge in [0.15, 0.2) is 0 Å². The Morgan fingerprint density at radius 2 is 1.81 bits per heavy atom. The van der Waals surface area contributed by atoms with Crippen LogP contribution in [0.5, 0.6) is 0 Å². The molecule has 1 N–H and O–H groups in total. The van der Waals surface area contributed by atoms with E-state index in [4.69, 9.17) is 0 Å². The first-order valence-electron chi connectivity index (χ1n) is 6.79. The maximum absolute atomic E-state index is 12.1. The van der Waals surface area contributed by atoms with Gasteiger partial charge in [-0.05, 0) is 25.3 Å². The van der Waals surface area contributed by atoms with E-state index in [1.54, 1.807) is 0 Å². The minimum absolute atomic E-state index is 0.199. The second-order valence-electron chi connectivity index (χ2n) is 5.77. The Hall–Kier alpha value is -0.370. The summed E-state index contributed by atoms with van der Waals surface area (Å²) < 4.78 is 0. The predicted molar refractivity (Wildman–Crippen MR) is 68.4 cm³/mol. The largest absolute Gasteiger partial charge is 0.314 e. The molecule has 16 heavy (non-hydrogen) atoms. The summed E-state index contributed by atoms with van der Waals surface area (Å²) >= 11 is 0. The number of rotatable bonds is 5. The van der Waals surface area contributed by atoms with E-state index in [0.717, 1.165) is 13.0 Å². The molecule has 0 amide bonds. The van der Waals surface area contributed by atoms with Gasteiger partial charge in [-0.2, -0.15) is 0 Å². The Morgan fingerprint density at radius 3 is 2.38 bits per heavy atom. The average molecular weight is 225 g/mol. The molecule has 1 rings (SSSR count). The molecule has 0 heterocycles. The molecule has 0 aromatic rings. The monoisotopic (exact) mass is 225 g/mol. The van der Waals surface area contributed by atoms with Gasteiger partial charge < -0.3 is 5.32 Å². The molecule has 0 radical (unpaired) electrons. The van der Waals surface area contributed by atoms with Gasteiger partial charge in [0.25, 0.3) is 0 Å². The summed E-state index contributed by atoms with van der Waals surface area (Å²) in [5.41, 5.74) is 0. The zero-order valence-corrected chi connectivity index (χ0v) is 11.3. The SMILES string of the molecule is CC(C)NCC1CCCCC1C(=O)C(C)C. The molecule has 2 unspecified atom stereocenters. The molecule has 0 bridgehead atoms. The fourth-order valence-corrected chi connectivity index (χ4v) is 2.64. The highest BCUT2D eigenvalue weighted by molar-refractivity contribution is 5.83. The van der Waals surface area contributed by atoms with Crippen molar-refractivity contribution in [2.24, 2.45) is 17.8 Å². The number of nitrogens with one attached hydrogen (secondary N) is 1. The molecule has 1 aliphatic rings. The summed E-state index contributed by atoms with van der Waals surface area (Å²) in [7, 11) is 0. The van der Waals surface area contributed by atoms with E-state index in [-0.39, 0.29) is 5.92 Å². The van der Waals surface area contributed by atoms with Crippen LogP contribution in [0, 0.1) is 17.8 Å². The zero-order valence-electron chi connectivity index (χ0n) is 11.3. The van der Waals surface area contributed by atoms with E-state index in [2.05, 4.69) is 19.2 Å². The Morgan fingerprint density at radius 1 is 1.19 bits per heavy atom. The van der Waals surface area contributed by atoms with Gasteiger partial charge in [0.2, 0.25) is 0 Å². The van der Waals surface area contributed by atoms with E-state index in [1.165, 1.54) is 19.3 Å². The summed E-state index contributed by atoms with van der Waals surface area (Å²) in [6.45, 7) is 9.42. The maximum Gasteiger partial charge on any atom is 0.138 e. The number of hydrogen-bond acceptors (Lipinski definition) is 2. The average Bonchev–Trinajstić information content (AvgIpc) is 2.25. The molecular formula is C14H27NO. The lowest BCUT2D eigenvalue weighted by Crippen LogP contribution is -2.38. The lowest BCUT2D eigenvalue weighted by atomic mass is 9.74. The van der Waals surface area contributed by atoms with Crippen LogP contribution in [0.3, 0.4) is 0 Å². The first-order chi connectivity index (χ1) is 7.52. The number of ketones is 1. The Kier molecular flexibility index (Phi) is 5.47. The van der Waals surface area contributed by atoms with Gasteiger partial charge in [-0.1, -0.05) is 40.5 Å². The van der Waals surface area contributed by atoms with E-state index in [9.17, 15) is 4.79 Å². The van der Waals surface area contributed by atoms with Crippen molar-refractivity contribution in [3.05, 3.63) is 0 Å². The van der Waals surface area contributed by atoms with Crippen LogP contribution in [0.2, 0.25) is 0 Å². The molecule has 0 saturated heterocycles. The highest BCUT2D eigenvalue weighted by Crippen LogP contribution is 2.32. The van der Waals surface area contributed by atoms with Gasteiger partial charge in [0.1, 0.15) is 5.78 Å². The van der Waals surface area contributed by atoms with Crippen LogP contribution in [-0.2, 0) is 4.79 Å². The molecular weight excluding hydrogens is 198 g/mol. The van der Waals surface area contributed by atoms with Crippen LogP contribution in [0.25, 0.3) is 0 Å². The third-order valence-corrected chi connectivity index (χ3v) is 3.63. The van der Waals surface area contributed by atoms with E-state index >= 15 is 0 Å². The van der Waals surface area contributed by atoms with Gasteiger partial charge in [0, 0.05) is 17.9 Å². The number of carbonyl (C=O) groups excluding carboxylic acids is 1. The van der Waals surface area contributed by atoms with Crippen molar-refractivity contribution in [2.75, 3.05) is 6.54 Å². The summed E-state index contributed by atoms with van der Waals surface area (Å²) in [6, 6.07) is 0.525. The highest BCUT2D eigenvalue weighted by atomic mass is 16.1. The maximum atomic E-state index is 12.1. The minimum Gasteiger partial charge on any atom is -0.314 e. The van der Waals surface area contributed by atoms with Crippen molar-refractivity contribution in [2.45, 2.75) is 59.4 Å². The molecule has 94 valence electrons. The molecule has 2 heteroatoms. The van der Waals surface area contributed by atoms with Gasteiger partial charge in [0.05, 0.1) is 0 Å². The van der Waals surface area contributed by atoms with Gasteiger partial charge in [-0.3, -0.25) is 4.79 Å². The number of hydrogen-bond donors (Lipinski definition) is 1. The van der Waals surface area contributed by atoms with Crippen molar-refractivity contribution < 1.29 is 4.79 Å². The fourth-order valence-electron chi connectivity index (χ4n) is 2.64. The highest BCUT2D eigenvalue weighted by Gasteiger charge is 2.31. The second-order valence-corrected chi connectivity index (χ2v) is 5.77. The van der Waals surface area contributed by atoms with Crippen molar-refractivity contribution >= 4 is 5.78 Å². The fraction of sp³-hybridized carbons (Fsp3) is 0.929. The summed E-state index contributed by atoms with van der Waals surface area (Å²) in [5.74, 6) is 1.57. The Labute approximate surface area is 100 Å². The van der Waals surface area contributed by atoms with Gasteiger partial charge in [-0.15, -0.1) is 0 Å². The Balaban J connectivity index is 2.53. The van der Waals surface area contributed by atoms with Crippen LogP contribution in [-0.4, -0.2) is 18.4 Å². The molecule has 1 aliphatic carbocycles. The quantitative estimate of drug-likeness (QED) is 0.779. The van der Waals surface area contributed by atoms with Crippen molar-refractivity contribution in [3.8, 4) is 0 Å². The number of carbonyl (C=O) groups is 1. The van der Waals surface area contributed by atoms with Crippen molar-refractivity contribution in [3.63, 3.8) is 0 Å². The van der Waals surface area contributed by atoms with Gasteiger partial charge >= 0.3 is 0 Å². The zero-order chi connectivity index (χ0) is 12.1. The summed E-state index contributed by atoms with van der Waals surface area (Å²) in [6.07, 6.45) is 4.87. The predicted octanol–water partition coefficient (Wildman–Crippen LogP) is 3.02. The molecule has 2 atom stereocenters. The van der Waals surface area contributed by atoms with Crippen LogP contribution in [0.4, 0.5) is 0 Å². The first kappa shape index (κ1) is 13.7. The number of Topliss-reactive ketones (excluding diaryl/α,β-unsaturated/α-hetero) is 1. The second kappa shape index (κ2) is 6.39. The molecule has 0 spiro atoms. The van der Waals surface area contributed by atoms with Crippen molar-refractivity contribution in [1.29, 1.82) is 0 Å². The first-order valence-corrected chi connectivity index (χ1v) is 6.79. The Bertz CT molecular complexity index is 223. The summed E-state index contributed by atoms with van der Waals surface area (Å²) in [4.78, 5) is 12.1. The molecule has 2 nitrogen and oxygen atoms in total. The van der Waals surface area contributed by atoms with Crippen LogP contribution in [0.1, 0.15) is 53.4 Å². The van der Waals surface area contributed by atoms with Gasteiger partial charge in [-0.25, -0.2) is 0 Å². The lowest BCUT2D eigenvalue weighted by Gasteiger charge is -2.32. The lowest BCUT2D eigenvalue weighted by molar-refractivity contribution is -0.128. The third-order valence-electron chi connectivity index (χ3n) is 3.63. The normalized spacial score (nSPS) is 26.4. The minimum atomic E-state index is 0.199. The standard InChI is InChI=1S/C14H27NO/c1-10(2)14(16)13-8-6-5-7-12(13)9-15-11(3)4/h10-13,15H,5-9H2,1-4H3. The molecule has 1 saturated carbocycles. The smallest absolute Gasteiger partial charge is 0.138 e. The van der Waals surface area contributed by atoms with Crippen LogP contribution >= 0.6 is 0 Å². The molecule has 1 fully saturated rings. The topological polar surface area (TPSA) is 29.1 Å². The van der Waals surface area contributed by atoms with Crippen LogP contribution in [0.15, 0.2) is 0 Å². The third kappa shape index (κ3) is 3.89. The molecule has 0 aromatic carbocycles. The molecule has 0 aliphatic heterocycles. The van der Waals surface area contributed by atoms with Crippen molar-refractivity contribution in [1.82, 2.24) is 5.32 Å². The van der Waals surface area contributed by atoms with Crippen LogP contribution < -0.4 is 5.32 Å². The van der Waals surface area contributed by atoms with E-state index < -0.39 is 0 Å².